The normalized spacial score (nSPS) is 11.2. The van der Waals surface area contributed by atoms with E-state index in [1.807, 2.05) is 44.2 Å². The maximum atomic E-state index is 12.5. The van der Waals surface area contributed by atoms with Gasteiger partial charge in [0.05, 0.1) is 0 Å². The first-order valence-electron chi connectivity index (χ1n) is 9.15. The smallest absolute Gasteiger partial charge is 0.266 e. The second kappa shape index (κ2) is 7.98. The highest BCUT2D eigenvalue weighted by atomic mass is 16.1. The van der Waals surface area contributed by atoms with Crippen LogP contribution in [0, 0.1) is 39.0 Å². The topological polar surface area (TPSA) is 57.8 Å². The molecular weight excluding hydrogens is 346 g/mol. The Morgan fingerprint density at radius 2 is 1.75 bits per heavy atom. The van der Waals surface area contributed by atoms with E-state index in [0.29, 0.717) is 5.69 Å². The molecule has 0 aliphatic carbocycles. The zero-order valence-corrected chi connectivity index (χ0v) is 16.6. The third-order valence-electron chi connectivity index (χ3n) is 4.77. The molecule has 2 aromatic carbocycles. The van der Waals surface area contributed by atoms with Crippen molar-refractivity contribution in [2.45, 2.75) is 27.7 Å². The number of nitriles is 1. The molecule has 28 heavy (non-hydrogen) atoms. The van der Waals surface area contributed by atoms with Crippen molar-refractivity contribution in [2.75, 3.05) is 5.32 Å². The predicted octanol–water partition coefficient (Wildman–Crippen LogP) is 5.26. The van der Waals surface area contributed by atoms with E-state index in [0.717, 1.165) is 22.6 Å². The highest BCUT2D eigenvalue weighted by Gasteiger charge is 2.15. The average molecular weight is 369 g/mol. The van der Waals surface area contributed by atoms with Gasteiger partial charge in [-0.25, -0.2) is 0 Å². The van der Waals surface area contributed by atoms with Crippen LogP contribution in [0.3, 0.4) is 0 Å². The van der Waals surface area contributed by atoms with Gasteiger partial charge in [0.2, 0.25) is 0 Å². The van der Waals surface area contributed by atoms with Gasteiger partial charge in [0.15, 0.2) is 0 Å². The van der Waals surface area contributed by atoms with Gasteiger partial charge in [0.1, 0.15) is 11.6 Å². The fourth-order valence-corrected chi connectivity index (χ4v) is 3.29. The number of hydrogen-bond acceptors (Lipinski definition) is 2. The summed E-state index contributed by atoms with van der Waals surface area (Å²) in [7, 11) is 0. The maximum absolute atomic E-state index is 12.5. The predicted molar refractivity (Wildman–Crippen MR) is 113 cm³/mol. The number of nitrogens with zero attached hydrogens (tertiary/aromatic N) is 2. The number of carbonyl (C=O) groups excluding carboxylic acids is 1. The van der Waals surface area contributed by atoms with Gasteiger partial charge in [-0.05, 0) is 74.7 Å². The first-order valence-corrected chi connectivity index (χ1v) is 9.15. The molecule has 1 amide bonds. The van der Waals surface area contributed by atoms with Crippen LogP contribution in [0.5, 0.6) is 0 Å². The van der Waals surface area contributed by atoms with Crippen molar-refractivity contribution in [3.05, 3.63) is 88.2 Å². The fourth-order valence-electron chi connectivity index (χ4n) is 3.29. The number of amides is 1. The maximum Gasteiger partial charge on any atom is 0.266 e. The van der Waals surface area contributed by atoms with E-state index >= 15 is 0 Å². The molecule has 0 saturated heterocycles. The highest BCUT2D eigenvalue weighted by molar-refractivity contribution is 6.09. The van der Waals surface area contributed by atoms with E-state index in [2.05, 4.69) is 41.9 Å². The molecule has 0 radical (unpaired) electrons. The van der Waals surface area contributed by atoms with Gasteiger partial charge < -0.3 is 9.88 Å². The van der Waals surface area contributed by atoms with Crippen LogP contribution in [0.2, 0.25) is 0 Å². The third-order valence-corrected chi connectivity index (χ3v) is 4.77. The molecule has 0 saturated carbocycles. The highest BCUT2D eigenvalue weighted by Crippen LogP contribution is 2.25. The number of benzene rings is 2. The molecule has 0 fully saturated rings. The Kier molecular flexibility index (Phi) is 5.47. The van der Waals surface area contributed by atoms with E-state index in [-0.39, 0.29) is 5.57 Å². The van der Waals surface area contributed by atoms with Crippen LogP contribution in [0.1, 0.15) is 28.1 Å². The first kappa shape index (κ1) is 19.2. The first-order chi connectivity index (χ1) is 13.4. The van der Waals surface area contributed by atoms with Crippen molar-refractivity contribution >= 4 is 17.7 Å². The fraction of sp³-hybridized carbons (Fsp3) is 0.167. The molecule has 4 nitrogen and oxygen atoms in total. The number of carbonyl (C=O) groups is 1. The van der Waals surface area contributed by atoms with E-state index in [1.165, 1.54) is 11.1 Å². The number of para-hydroxylation sites is 1. The van der Waals surface area contributed by atoms with Gasteiger partial charge in [0.25, 0.3) is 5.91 Å². The Bertz CT molecular complexity index is 1100. The standard InChI is InChI=1S/C24H23N3O/c1-16-10-11-17(2)23(12-16)27-18(3)13-20(19(27)4)14-21(15-25)24(28)26-22-8-6-5-7-9-22/h5-14H,1-4H3,(H,26,28)/b21-14-. The minimum absolute atomic E-state index is 0.0741. The summed E-state index contributed by atoms with van der Waals surface area (Å²) >= 11 is 0. The van der Waals surface area contributed by atoms with Gasteiger partial charge in [-0.15, -0.1) is 0 Å². The zero-order chi connectivity index (χ0) is 20.3. The number of aryl methyl sites for hydroxylation is 3. The Morgan fingerprint density at radius 3 is 2.43 bits per heavy atom. The van der Waals surface area contributed by atoms with Crippen LogP contribution in [-0.4, -0.2) is 10.5 Å². The molecule has 3 aromatic rings. The molecule has 0 unspecified atom stereocenters. The van der Waals surface area contributed by atoms with Gasteiger partial charge in [-0.3, -0.25) is 4.79 Å². The minimum atomic E-state index is -0.412. The minimum Gasteiger partial charge on any atom is -0.321 e. The molecule has 4 heteroatoms. The summed E-state index contributed by atoms with van der Waals surface area (Å²) in [6.07, 6.45) is 1.65. The molecule has 140 valence electrons. The summed E-state index contributed by atoms with van der Waals surface area (Å²) in [5.74, 6) is -0.412. The van der Waals surface area contributed by atoms with Crippen LogP contribution in [0.25, 0.3) is 11.8 Å². The van der Waals surface area contributed by atoms with Crippen molar-refractivity contribution < 1.29 is 4.79 Å². The molecule has 1 aromatic heterocycles. The summed E-state index contributed by atoms with van der Waals surface area (Å²) in [6.45, 7) is 8.18. The SMILES string of the molecule is Cc1ccc(C)c(-n2c(C)cc(/C=C(/C#N)C(=O)Nc3ccccc3)c2C)c1. The van der Waals surface area contributed by atoms with Gasteiger partial charge >= 0.3 is 0 Å². The summed E-state index contributed by atoms with van der Waals surface area (Å²) in [5.41, 5.74) is 7.11. The van der Waals surface area contributed by atoms with Crippen molar-refractivity contribution in [2.24, 2.45) is 0 Å². The van der Waals surface area contributed by atoms with Crippen LogP contribution < -0.4 is 5.32 Å². The lowest BCUT2D eigenvalue weighted by Gasteiger charge is -2.13. The average Bonchev–Trinajstić information content (AvgIpc) is 2.95. The van der Waals surface area contributed by atoms with Crippen LogP contribution in [0.15, 0.2) is 60.2 Å². The zero-order valence-electron chi connectivity index (χ0n) is 16.6. The van der Waals surface area contributed by atoms with E-state index in [9.17, 15) is 10.1 Å². The molecule has 0 aliphatic rings. The molecule has 1 N–H and O–H groups in total. The molecule has 0 spiro atoms. The Balaban J connectivity index is 1.98. The molecule has 0 aliphatic heterocycles. The number of nitrogens with one attached hydrogen (secondary N) is 1. The quantitative estimate of drug-likeness (QED) is 0.504. The lowest BCUT2D eigenvalue weighted by atomic mass is 10.1. The summed E-state index contributed by atoms with van der Waals surface area (Å²) in [6, 6.07) is 19.5. The second-order valence-corrected chi connectivity index (χ2v) is 6.94. The number of anilines is 1. The number of aromatic nitrogens is 1. The monoisotopic (exact) mass is 369 g/mol. The van der Waals surface area contributed by atoms with Crippen molar-refractivity contribution in [3.8, 4) is 11.8 Å². The molecule has 0 atom stereocenters. The van der Waals surface area contributed by atoms with Crippen molar-refractivity contribution in [3.63, 3.8) is 0 Å². The molecular formula is C24H23N3O. The Labute approximate surface area is 165 Å². The Morgan fingerprint density at radius 1 is 1.04 bits per heavy atom. The van der Waals surface area contributed by atoms with Gasteiger partial charge in [-0.2, -0.15) is 5.26 Å². The third kappa shape index (κ3) is 3.89. The van der Waals surface area contributed by atoms with Gasteiger partial charge in [-0.1, -0.05) is 30.3 Å². The van der Waals surface area contributed by atoms with Crippen LogP contribution >= 0.6 is 0 Å². The molecule has 1 heterocycles. The largest absolute Gasteiger partial charge is 0.321 e. The summed E-state index contributed by atoms with van der Waals surface area (Å²) in [5, 5.41) is 12.3. The second-order valence-electron chi connectivity index (χ2n) is 6.94. The van der Waals surface area contributed by atoms with E-state index in [1.54, 1.807) is 18.2 Å². The van der Waals surface area contributed by atoms with Crippen molar-refractivity contribution in [1.82, 2.24) is 4.57 Å². The lowest BCUT2D eigenvalue weighted by Crippen LogP contribution is -2.13. The number of rotatable bonds is 4. The molecule has 3 rings (SSSR count). The summed E-state index contributed by atoms with van der Waals surface area (Å²) < 4.78 is 2.16. The van der Waals surface area contributed by atoms with Crippen LogP contribution in [0.4, 0.5) is 5.69 Å². The summed E-state index contributed by atoms with van der Waals surface area (Å²) in [4.78, 5) is 12.5. The molecule has 0 bridgehead atoms. The van der Waals surface area contributed by atoms with Crippen molar-refractivity contribution in [1.29, 1.82) is 5.26 Å². The Hall–Kier alpha value is -3.58. The van der Waals surface area contributed by atoms with Crippen LogP contribution in [-0.2, 0) is 4.79 Å². The van der Waals surface area contributed by atoms with Gasteiger partial charge in [0, 0.05) is 22.8 Å². The van der Waals surface area contributed by atoms with E-state index in [4.69, 9.17) is 0 Å². The lowest BCUT2D eigenvalue weighted by molar-refractivity contribution is -0.112. The number of hydrogen-bond donors (Lipinski definition) is 1. The van der Waals surface area contributed by atoms with E-state index < -0.39 is 5.91 Å².